The number of carbonyl (C=O) groups is 6. The number of hydrogen-bond donors (Lipinski definition) is 6. The van der Waals surface area contributed by atoms with E-state index in [-0.39, 0.29) is 58.5 Å². The number of anilines is 4. The molecule has 0 spiro atoms. The minimum atomic E-state index is -1.28. The summed E-state index contributed by atoms with van der Waals surface area (Å²) in [6.07, 6.45) is 0.676. The summed E-state index contributed by atoms with van der Waals surface area (Å²) in [6, 6.07) is 8.13. The van der Waals surface area contributed by atoms with Crippen LogP contribution in [0.4, 0.5) is 22.7 Å². The van der Waals surface area contributed by atoms with E-state index in [1.54, 1.807) is 0 Å². The largest absolute Gasteiger partial charge is 0.478 e. The molecule has 12 heteroatoms. The Morgan fingerprint density at radius 1 is 0.611 bits per heavy atom. The van der Waals surface area contributed by atoms with Crippen molar-refractivity contribution in [3.63, 3.8) is 0 Å². The molecule has 0 fully saturated rings. The van der Waals surface area contributed by atoms with E-state index in [0.29, 0.717) is 12.8 Å². The van der Waals surface area contributed by atoms with Gasteiger partial charge in [-0.05, 0) is 49.2 Å². The van der Waals surface area contributed by atoms with Crippen LogP contribution in [0, 0.1) is 0 Å². The van der Waals surface area contributed by atoms with Crippen molar-refractivity contribution in [2.45, 2.75) is 39.5 Å². The Labute approximate surface area is 206 Å². The fraction of sp³-hybridized carbons (Fsp3) is 0.250. The van der Waals surface area contributed by atoms with E-state index in [9.17, 15) is 39.0 Å². The predicted molar refractivity (Wildman–Crippen MR) is 131 cm³/mol. The number of hydrogen-bond acceptors (Lipinski definition) is 6. The van der Waals surface area contributed by atoms with Crippen molar-refractivity contribution in [2.75, 3.05) is 21.3 Å². The number of nitrogens with one attached hydrogen (secondary N) is 4. The molecule has 2 aromatic rings. The van der Waals surface area contributed by atoms with Gasteiger partial charge in [-0.3, -0.25) is 19.2 Å². The second-order valence-corrected chi connectivity index (χ2v) is 7.80. The summed E-state index contributed by atoms with van der Waals surface area (Å²) in [5.41, 5.74) is 0.325. The minimum Gasteiger partial charge on any atom is -0.478 e. The molecule has 0 atom stereocenters. The van der Waals surface area contributed by atoms with Crippen molar-refractivity contribution in [3.05, 3.63) is 47.5 Å². The Morgan fingerprint density at radius 2 is 0.972 bits per heavy atom. The van der Waals surface area contributed by atoms with Gasteiger partial charge in [-0.2, -0.15) is 0 Å². The summed E-state index contributed by atoms with van der Waals surface area (Å²) in [6.45, 7) is 2.57. The Bertz CT molecular complexity index is 1120. The average Bonchev–Trinajstić information content (AvgIpc) is 2.77. The van der Waals surface area contributed by atoms with Gasteiger partial charge in [-0.1, -0.05) is 0 Å². The first-order valence-corrected chi connectivity index (χ1v) is 10.9. The maximum Gasteiger partial charge on any atom is 0.337 e. The van der Waals surface area contributed by atoms with Crippen molar-refractivity contribution >= 4 is 58.3 Å². The SMILES string of the molecule is CC(=O)Nc1ccc(NC(=O)CCCCC(=O)Nc2ccc(NC(C)=O)cc2C(=O)O)c(C(=O)O)c1. The molecule has 0 heterocycles. The summed E-state index contributed by atoms with van der Waals surface area (Å²) in [5.74, 6) is -4.19. The van der Waals surface area contributed by atoms with Crippen molar-refractivity contribution in [3.8, 4) is 0 Å². The zero-order chi connectivity index (χ0) is 26.8. The lowest BCUT2D eigenvalue weighted by Gasteiger charge is -2.11. The number of rotatable bonds is 11. The van der Waals surface area contributed by atoms with Crippen LogP contribution in [0.25, 0.3) is 0 Å². The van der Waals surface area contributed by atoms with Gasteiger partial charge in [0.2, 0.25) is 23.6 Å². The van der Waals surface area contributed by atoms with E-state index >= 15 is 0 Å². The lowest BCUT2D eigenvalue weighted by Crippen LogP contribution is -2.16. The topological polar surface area (TPSA) is 191 Å². The molecule has 0 radical (unpaired) electrons. The monoisotopic (exact) mass is 498 g/mol. The zero-order valence-corrected chi connectivity index (χ0v) is 19.6. The molecule has 0 saturated carbocycles. The number of unbranched alkanes of at least 4 members (excludes halogenated alkanes) is 1. The Kier molecular flexibility index (Phi) is 9.66. The third-order valence-electron chi connectivity index (χ3n) is 4.75. The minimum absolute atomic E-state index is 0.0194. The third-order valence-corrected chi connectivity index (χ3v) is 4.75. The number of carboxylic acid groups (broad SMARTS) is 2. The summed E-state index contributed by atoms with van der Waals surface area (Å²) in [5, 5.41) is 28.7. The normalized spacial score (nSPS) is 10.2. The molecule has 12 nitrogen and oxygen atoms in total. The highest BCUT2D eigenvalue weighted by Gasteiger charge is 2.16. The van der Waals surface area contributed by atoms with Crippen LogP contribution in [0.5, 0.6) is 0 Å². The maximum atomic E-state index is 12.2. The first-order valence-electron chi connectivity index (χ1n) is 10.9. The molecule has 0 bridgehead atoms. The third kappa shape index (κ3) is 8.56. The van der Waals surface area contributed by atoms with Crippen molar-refractivity contribution < 1.29 is 39.0 Å². The van der Waals surface area contributed by atoms with Crippen LogP contribution < -0.4 is 21.3 Å². The zero-order valence-electron chi connectivity index (χ0n) is 19.6. The summed E-state index contributed by atoms with van der Waals surface area (Å²) in [7, 11) is 0. The van der Waals surface area contributed by atoms with Crippen LogP contribution >= 0.6 is 0 Å². The molecule has 0 unspecified atom stereocenters. The fourth-order valence-corrected chi connectivity index (χ4v) is 3.22. The molecule has 2 rings (SSSR count). The molecule has 4 amide bonds. The Balaban J connectivity index is 1.88. The molecule has 0 saturated heterocycles. The highest BCUT2D eigenvalue weighted by molar-refractivity contribution is 6.03. The van der Waals surface area contributed by atoms with Crippen LogP contribution in [0.2, 0.25) is 0 Å². The van der Waals surface area contributed by atoms with Gasteiger partial charge in [0.05, 0.1) is 22.5 Å². The van der Waals surface area contributed by atoms with Gasteiger partial charge in [0, 0.05) is 38.1 Å². The summed E-state index contributed by atoms with van der Waals surface area (Å²) in [4.78, 5) is 69.8. The highest BCUT2D eigenvalue weighted by atomic mass is 16.4. The molecule has 0 aliphatic carbocycles. The van der Waals surface area contributed by atoms with E-state index in [1.807, 2.05) is 0 Å². The van der Waals surface area contributed by atoms with Crippen LogP contribution in [0.3, 0.4) is 0 Å². The molecule has 0 aromatic heterocycles. The lowest BCUT2D eigenvalue weighted by molar-refractivity contribution is -0.118. The molecular weight excluding hydrogens is 472 g/mol. The van der Waals surface area contributed by atoms with Gasteiger partial charge in [0.1, 0.15) is 0 Å². The van der Waals surface area contributed by atoms with Gasteiger partial charge in [0.25, 0.3) is 0 Å². The second-order valence-electron chi connectivity index (χ2n) is 7.80. The van der Waals surface area contributed by atoms with Gasteiger partial charge in [-0.25, -0.2) is 9.59 Å². The van der Waals surface area contributed by atoms with Crippen LogP contribution in [0.15, 0.2) is 36.4 Å². The Hall–Kier alpha value is -4.74. The van der Waals surface area contributed by atoms with Gasteiger partial charge in [-0.15, -0.1) is 0 Å². The fourth-order valence-electron chi connectivity index (χ4n) is 3.22. The van der Waals surface area contributed by atoms with Gasteiger partial charge < -0.3 is 31.5 Å². The number of carboxylic acids is 2. The molecule has 0 aliphatic rings. The first-order chi connectivity index (χ1) is 17.0. The van der Waals surface area contributed by atoms with E-state index in [2.05, 4.69) is 21.3 Å². The van der Waals surface area contributed by atoms with E-state index in [0.717, 1.165) is 0 Å². The van der Waals surface area contributed by atoms with Crippen molar-refractivity contribution in [1.82, 2.24) is 0 Å². The van der Waals surface area contributed by atoms with Crippen LogP contribution in [-0.2, 0) is 19.2 Å². The van der Waals surface area contributed by atoms with E-state index < -0.39 is 23.8 Å². The Morgan fingerprint density at radius 3 is 1.28 bits per heavy atom. The first kappa shape index (κ1) is 27.5. The molecule has 36 heavy (non-hydrogen) atoms. The quantitative estimate of drug-likeness (QED) is 0.254. The molecule has 0 aliphatic heterocycles. The number of amides is 4. The van der Waals surface area contributed by atoms with Gasteiger partial charge >= 0.3 is 11.9 Å². The summed E-state index contributed by atoms with van der Waals surface area (Å²) < 4.78 is 0. The van der Waals surface area contributed by atoms with Crippen LogP contribution in [-0.4, -0.2) is 45.8 Å². The highest BCUT2D eigenvalue weighted by Crippen LogP contribution is 2.23. The lowest BCUT2D eigenvalue weighted by atomic mass is 10.1. The van der Waals surface area contributed by atoms with Crippen LogP contribution in [0.1, 0.15) is 60.2 Å². The standard InChI is InChI=1S/C24H26N4O8/c1-13(29)25-15-7-9-19(17(11-15)23(33)34)27-21(31)5-3-4-6-22(32)28-20-10-8-16(26-14(2)30)12-18(20)24(35)36/h7-12H,3-6H2,1-2H3,(H,25,29)(H,26,30)(H,27,31)(H,28,32)(H,33,34)(H,35,36). The molecule has 6 N–H and O–H groups in total. The smallest absolute Gasteiger partial charge is 0.337 e. The summed E-state index contributed by atoms with van der Waals surface area (Å²) >= 11 is 0. The van der Waals surface area contributed by atoms with E-state index in [4.69, 9.17) is 0 Å². The van der Waals surface area contributed by atoms with Gasteiger partial charge in [0.15, 0.2) is 0 Å². The van der Waals surface area contributed by atoms with Crippen molar-refractivity contribution in [1.29, 1.82) is 0 Å². The molecular formula is C24H26N4O8. The maximum absolute atomic E-state index is 12.2. The number of carbonyl (C=O) groups excluding carboxylic acids is 4. The predicted octanol–water partition coefficient (Wildman–Crippen LogP) is 3.14. The number of aromatic carboxylic acids is 2. The molecule has 190 valence electrons. The average molecular weight is 498 g/mol. The number of benzene rings is 2. The van der Waals surface area contributed by atoms with E-state index in [1.165, 1.54) is 50.2 Å². The van der Waals surface area contributed by atoms with Crippen molar-refractivity contribution in [2.24, 2.45) is 0 Å². The molecule has 2 aromatic carbocycles. The second kappa shape index (κ2) is 12.6.